The van der Waals surface area contributed by atoms with Gasteiger partial charge in [0.15, 0.2) is 24.3 Å². The number of benzene rings is 1. The average Bonchev–Trinajstić information content (AvgIpc) is 2.73. The lowest BCUT2D eigenvalue weighted by Crippen LogP contribution is -2.54. The monoisotopic (exact) mass is 408 g/mol. The van der Waals surface area contributed by atoms with Crippen LogP contribution in [0.4, 0.5) is 10.1 Å². The Labute approximate surface area is 166 Å². The Hall–Kier alpha value is -2.85. The van der Waals surface area contributed by atoms with E-state index >= 15 is 4.39 Å². The third-order valence-electron chi connectivity index (χ3n) is 4.65. The van der Waals surface area contributed by atoms with Crippen molar-refractivity contribution >= 4 is 29.8 Å². The zero-order valence-corrected chi connectivity index (χ0v) is 15.8. The molecule has 2 amide bonds. The molecule has 0 saturated carbocycles. The number of hydrogen-bond donors (Lipinski definition) is 0. The number of carbonyl (C=O) groups is 4. The van der Waals surface area contributed by atoms with E-state index in [-0.39, 0.29) is 24.4 Å². The van der Waals surface area contributed by atoms with E-state index < -0.39 is 35.8 Å². The minimum atomic E-state index is -1.44. The van der Waals surface area contributed by atoms with Crippen LogP contribution in [0.3, 0.4) is 0 Å². The van der Waals surface area contributed by atoms with Gasteiger partial charge < -0.3 is 24.0 Å². The molecule has 2 heterocycles. The Kier molecular flexibility index (Phi) is 6.55. The molecule has 0 aliphatic carbocycles. The van der Waals surface area contributed by atoms with Gasteiger partial charge in [0.2, 0.25) is 0 Å². The highest BCUT2D eigenvalue weighted by molar-refractivity contribution is 6.01. The summed E-state index contributed by atoms with van der Waals surface area (Å²) in [5.74, 6) is -2.81. The van der Waals surface area contributed by atoms with Crippen molar-refractivity contribution in [2.24, 2.45) is 0 Å². The first-order valence-corrected chi connectivity index (χ1v) is 9.15. The molecular weight excluding hydrogens is 387 g/mol. The molecule has 0 bridgehead atoms. The number of ether oxygens (including phenoxy) is 3. The van der Waals surface area contributed by atoms with E-state index in [1.54, 1.807) is 0 Å². The Morgan fingerprint density at radius 2 is 1.97 bits per heavy atom. The Balaban J connectivity index is 1.86. The van der Waals surface area contributed by atoms with Crippen LogP contribution in [0.5, 0.6) is 0 Å². The van der Waals surface area contributed by atoms with E-state index in [1.807, 2.05) is 0 Å². The van der Waals surface area contributed by atoms with Crippen molar-refractivity contribution in [3.63, 3.8) is 0 Å². The molecule has 2 aliphatic rings. The van der Waals surface area contributed by atoms with Gasteiger partial charge in [0, 0.05) is 26.6 Å². The van der Waals surface area contributed by atoms with Crippen LogP contribution in [-0.2, 0) is 28.6 Å². The number of hydrogen-bond acceptors (Lipinski definition) is 7. The lowest BCUT2D eigenvalue weighted by atomic mass is 10.1. The molecule has 0 aromatic heterocycles. The van der Waals surface area contributed by atoms with E-state index in [4.69, 9.17) is 14.2 Å². The minimum Gasteiger partial charge on any atom is -0.451 e. The van der Waals surface area contributed by atoms with Gasteiger partial charge in [-0.1, -0.05) is 6.07 Å². The molecule has 0 spiro atoms. The van der Waals surface area contributed by atoms with E-state index in [0.717, 1.165) is 11.8 Å². The second-order valence-corrected chi connectivity index (χ2v) is 6.53. The maximum atomic E-state index is 15.2. The quantitative estimate of drug-likeness (QED) is 0.505. The van der Waals surface area contributed by atoms with Crippen LogP contribution in [0.15, 0.2) is 18.2 Å². The van der Waals surface area contributed by atoms with E-state index in [0.29, 0.717) is 32.6 Å². The molecule has 2 saturated heterocycles. The molecule has 2 atom stereocenters. The summed E-state index contributed by atoms with van der Waals surface area (Å²) in [7, 11) is 0. The molecule has 1 aromatic carbocycles. The topological polar surface area (TPSA) is 102 Å². The number of rotatable bonds is 5. The summed E-state index contributed by atoms with van der Waals surface area (Å²) in [4.78, 5) is 50.5. The third-order valence-corrected chi connectivity index (χ3v) is 4.65. The van der Waals surface area contributed by atoms with Gasteiger partial charge in [-0.15, -0.1) is 0 Å². The standard InChI is InChI=1S/C19H21FN2O7/c1-12(24)29-15(11-23)17-19(26)22(7-10-28-17)14-4-2-3-13(16(14)20)18(25)21-5-8-27-9-6-21/h2-4,11,15,17H,5-10H2,1H3/t15-,17-/m1/s1. The summed E-state index contributed by atoms with van der Waals surface area (Å²) < 4.78 is 30.5. The van der Waals surface area contributed by atoms with Crippen molar-refractivity contribution in [2.45, 2.75) is 19.1 Å². The predicted octanol–water partition coefficient (Wildman–Crippen LogP) is 0.160. The lowest BCUT2D eigenvalue weighted by Gasteiger charge is -2.34. The fourth-order valence-electron chi connectivity index (χ4n) is 3.26. The first-order valence-electron chi connectivity index (χ1n) is 9.15. The SMILES string of the molecule is CC(=O)O[C@H](C=O)[C@H]1OCCN(c2cccc(C(=O)N3CCOCC3)c2F)C1=O. The summed E-state index contributed by atoms with van der Waals surface area (Å²) in [5.41, 5.74) is -0.262. The molecule has 9 nitrogen and oxygen atoms in total. The normalized spacial score (nSPS) is 20.9. The summed E-state index contributed by atoms with van der Waals surface area (Å²) in [6.45, 7) is 2.58. The van der Waals surface area contributed by atoms with Crippen LogP contribution in [0.1, 0.15) is 17.3 Å². The number of esters is 1. The molecule has 3 rings (SSSR count). The first kappa shape index (κ1) is 20.9. The van der Waals surface area contributed by atoms with Crippen molar-refractivity contribution in [3.8, 4) is 0 Å². The molecule has 29 heavy (non-hydrogen) atoms. The number of aldehydes is 1. The minimum absolute atomic E-state index is 0.00306. The highest BCUT2D eigenvalue weighted by atomic mass is 19.1. The molecule has 2 fully saturated rings. The van der Waals surface area contributed by atoms with Gasteiger partial charge in [0.25, 0.3) is 11.8 Å². The molecular formula is C19H21FN2O7. The van der Waals surface area contributed by atoms with Crippen LogP contribution in [-0.4, -0.2) is 80.6 Å². The fourth-order valence-corrected chi connectivity index (χ4v) is 3.26. The summed E-state index contributed by atoms with van der Waals surface area (Å²) in [6, 6.07) is 4.20. The zero-order valence-electron chi connectivity index (χ0n) is 15.8. The van der Waals surface area contributed by atoms with Gasteiger partial charge in [-0.25, -0.2) is 4.39 Å². The van der Waals surface area contributed by atoms with Gasteiger partial charge in [0.1, 0.15) is 0 Å². The summed E-state index contributed by atoms with van der Waals surface area (Å²) in [6.07, 6.45) is -2.53. The zero-order chi connectivity index (χ0) is 21.0. The number of nitrogens with zero attached hydrogens (tertiary/aromatic N) is 2. The highest BCUT2D eigenvalue weighted by Crippen LogP contribution is 2.27. The lowest BCUT2D eigenvalue weighted by molar-refractivity contribution is -0.164. The molecule has 10 heteroatoms. The van der Waals surface area contributed by atoms with E-state index in [1.165, 1.54) is 23.1 Å². The van der Waals surface area contributed by atoms with Crippen LogP contribution in [0.2, 0.25) is 0 Å². The van der Waals surface area contributed by atoms with Crippen LogP contribution in [0.25, 0.3) is 0 Å². The van der Waals surface area contributed by atoms with Gasteiger partial charge in [-0.05, 0) is 12.1 Å². The van der Waals surface area contributed by atoms with Gasteiger partial charge in [-0.3, -0.25) is 19.2 Å². The number of amides is 2. The number of morpholine rings is 2. The van der Waals surface area contributed by atoms with Crippen LogP contribution in [0, 0.1) is 5.82 Å². The fraction of sp³-hybridized carbons (Fsp3) is 0.474. The van der Waals surface area contributed by atoms with Crippen molar-refractivity contribution in [3.05, 3.63) is 29.6 Å². The Morgan fingerprint density at radius 3 is 2.62 bits per heavy atom. The Morgan fingerprint density at radius 1 is 1.24 bits per heavy atom. The molecule has 0 radical (unpaired) electrons. The second-order valence-electron chi connectivity index (χ2n) is 6.53. The van der Waals surface area contributed by atoms with Gasteiger partial charge in [-0.2, -0.15) is 0 Å². The maximum absolute atomic E-state index is 15.2. The van der Waals surface area contributed by atoms with Crippen molar-refractivity contribution in [1.29, 1.82) is 0 Å². The van der Waals surface area contributed by atoms with Crippen molar-refractivity contribution in [1.82, 2.24) is 4.90 Å². The van der Waals surface area contributed by atoms with Gasteiger partial charge >= 0.3 is 5.97 Å². The van der Waals surface area contributed by atoms with E-state index in [9.17, 15) is 19.2 Å². The largest absolute Gasteiger partial charge is 0.451 e. The molecule has 156 valence electrons. The van der Waals surface area contributed by atoms with Crippen LogP contribution < -0.4 is 4.90 Å². The predicted molar refractivity (Wildman–Crippen MR) is 96.8 cm³/mol. The van der Waals surface area contributed by atoms with E-state index in [2.05, 4.69) is 0 Å². The third kappa shape index (κ3) is 4.43. The Bertz CT molecular complexity index is 810. The maximum Gasteiger partial charge on any atom is 0.303 e. The number of carbonyl (C=O) groups excluding carboxylic acids is 4. The molecule has 2 aliphatic heterocycles. The van der Waals surface area contributed by atoms with Crippen molar-refractivity contribution in [2.75, 3.05) is 44.4 Å². The second kappa shape index (κ2) is 9.10. The van der Waals surface area contributed by atoms with Gasteiger partial charge in [0.05, 0.1) is 31.1 Å². The summed E-state index contributed by atoms with van der Waals surface area (Å²) >= 11 is 0. The highest BCUT2D eigenvalue weighted by Gasteiger charge is 2.39. The number of halogens is 1. The van der Waals surface area contributed by atoms with Crippen molar-refractivity contribution < 1.29 is 37.8 Å². The summed E-state index contributed by atoms with van der Waals surface area (Å²) in [5, 5.41) is 0. The molecule has 1 aromatic rings. The number of anilines is 1. The molecule has 0 unspecified atom stereocenters. The molecule has 0 N–H and O–H groups in total. The first-order chi connectivity index (χ1) is 13.9. The smallest absolute Gasteiger partial charge is 0.303 e. The average molecular weight is 408 g/mol. The van der Waals surface area contributed by atoms with Crippen LogP contribution >= 0.6 is 0 Å².